The number of nitrogens with zero attached hydrogens (tertiary/aromatic N) is 2. The van der Waals surface area contributed by atoms with Crippen LogP contribution in [0.4, 0.5) is 0 Å². The van der Waals surface area contributed by atoms with Crippen molar-refractivity contribution in [2.45, 2.75) is 6.54 Å². The van der Waals surface area contributed by atoms with Gasteiger partial charge in [0.25, 0.3) is 0 Å². The summed E-state index contributed by atoms with van der Waals surface area (Å²) in [5, 5.41) is 4.40. The molecule has 0 spiro atoms. The Morgan fingerprint density at radius 3 is 2.89 bits per heavy atom. The van der Waals surface area contributed by atoms with Gasteiger partial charge in [0.1, 0.15) is 0 Å². The summed E-state index contributed by atoms with van der Waals surface area (Å²) in [4.78, 5) is 16.7. The van der Waals surface area contributed by atoms with Gasteiger partial charge in [0.15, 0.2) is 0 Å². The van der Waals surface area contributed by atoms with Gasteiger partial charge < -0.3 is 15.7 Å². The lowest BCUT2D eigenvalue weighted by Crippen LogP contribution is -1.99. The molecule has 18 heavy (non-hydrogen) atoms. The van der Waals surface area contributed by atoms with Gasteiger partial charge in [0.2, 0.25) is 0 Å². The van der Waals surface area contributed by atoms with Gasteiger partial charge in [0.05, 0.1) is 16.7 Å². The highest BCUT2D eigenvalue weighted by atomic mass is 16.1. The molecule has 92 valence electrons. The molecule has 0 saturated heterocycles. The lowest BCUT2D eigenvalue weighted by atomic mass is 10.1. The summed E-state index contributed by atoms with van der Waals surface area (Å²) >= 11 is 0. The zero-order valence-electron chi connectivity index (χ0n) is 9.90. The quantitative estimate of drug-likeness (QED) is 0.619. The summed E-state index contributed by atoms with van der Waals surface area (Å²) < 4.78 is 1.74. The van der Waals surface area contributed by atoms with Crippen LogP contribution < -0.4 is 11.4 Å². The van der Waals surface area contributed by atoms with Gasteiger partial charge in [-0.2, -0.15) is 5.10 Å². The van der Waals surface area contributed by atoms with Crippen LogP contribution in [0.3, 0.4) is 0 Å². The van der Waals surface area contributed by atoms with E-state index in [-0.39, 0.29) is 5.69 Å². The van der Waals surface area contributed by atoms with Gasteiger partial charge in [-0.05, 0) is 12.1 Å². The topological polar surface area (TPSA) is 92.5 Å². The van der Waals surface area contributed by atoms with Gasteiger partial charge >= 0.3 is 5.69 Å². The van der Waals surface area contributed by atoms with Crippen molar-refractivity contribution in [2.24, 2.45) is 12.8 Å². The molecule has 3 rings (SSSR count). The number of nitrogens with two attached hydrogens (primary N) is 1. The Kier molecular flexibility index (Phi) is 2.31. The molecule has 2 aromatic heterocycles. The molecule has 2 heterocycles. The minimum absolute atomic E-state index is 0.206. The molecule has 0 radical (unpaired) electrons. The van der Waals surface area contributed by atoms with Crippen LogP contribution in [0.25, 0.3) is 22.3 Å². The number of aryl methyl sites for hydroxylation is 1. The van der Waals surface area contributed by atoms with Crippen LogP contribution in [0.1, 0.15) is 5.56 Å². The molecule has 1 aromatic carbocycles. The first kappa shape index (κ1) is 10.8. The van der Waals surface area contributed by atoms with Crippen molar-refractivity contribution in [1.82, 2.24) is 19.7 Å². The molecular weight excluding hydrogens is 230 g/mol. The Balaban J connectivity index is 2.21. The molecule has 0 saturated carbocycles. The predicted molar refractivity (Wildman–Crippen MR) is 69.0 cm³/mol. The molecule has 0 unspecified atom stereocenters. The molecule has 0 aliphatic heterocycles. The zero-order chi connectivity index (χ0) is 12.7. The molecular formula is C12H13N5O. The third kappa shape index (κ3) is 1.63. The van der Waals surface area contributed by atoms with Gasteiger partial charge in [-0.3, -0.25) is 4.68 Å². The summed E-state index contributed by atoms with van der Waals surface area (Å²) in [6.45, 7) is 0.435. The average molecular weight is 243 g/mol. The minimum Gasteiger partial charge on any atom is -0.326 e. The highest BCUT2D eigenvalue weighted by Gasteiger charge is 2.10. The number of benzene rings is 1. The van der Waals surface area contributed by atoms with Crippen molar-refractivity contribution in [3.05, 3.63) is 40.4 Å². The van der Waals surface area contributed by atoms with E-state index >= 15 is 0 Å². The van der Waals surface area contributed by atoms with Crippen molar-refractivity contribution in [1.29, 1.82) is 0 Å². The number of nitrogens with one attached hydrogen (secondary N) is 2. The third-order valence-corrected chi connectivity index (χ3v) is 2.91. The fraction of sp³-hybridized carbons (Fsp3) is 0.167. The highest BCUT2D eigenvalue weighted by Crippen LogP contribution is 2.23. The number of aromatic nitrogens is 4. The summed E-state index contributed by atoms with van der Waals surface area (Å²) in [6.07, 6.45) is 1.90. The molecule has 3 aromatic rings. The van der Waals surface area contributed by atoms with Crippen LogP contribution in [-0.2, 0) is 13.6 Å². The normalized spacial score (nSPS) is 11.2. The molecule has 4 N–H and O–H groups in total. The average Bonchev–Trinajstić information content (AvgIpc) is 2.89. The van der Waals surface area contributed by atoms with E-state index in [1.807, 2.05) is 31.4 Å². The summed E-state index contributed by atoms with van der Waals surface area (Å²) in [5.41, 5.74) is 9.83. The first-order chi connectivity index (χ1) is 8.67. The summed E-state index contributed by atoms with van der Waals surface area (Å²) in [5.74, 6) is 0. The lowest BCUT2D eigenvalue weighted by molar-refractivity contribution is 0.769. The standard InChI is InChI=1S/C12H13N5O/c1-17-6-8(5-13)11(16-17)7-2-3-9-10(4-7)15-12(18)14-9/h2-4,6H,5,13H2,1H3,(H2,14,15,18). The second kappa shape index (κ2) is 3.85. The van der Waals surface area contributed by atoms with Gasteiger partial charge in [0, 0.05) is 30.9 Å². The largest absolute Gasteiger partial charge is 0.326 e. The van der Waals surface area contributed by atoms with E-state index in [0.29, 0.717) is 6.54 Å². The number of aromatic amines is 2. The van der Waals surface area contributed by atoms with Crippen molar-refractivity contribution < 1.29 is 0 Å². The van der Waals surface area contributed by atoms with Crippen LogP contribution in [0, 0.1) is 0 Å². The Labute approximate surface area is 102 Å². The lowest BCUT2D eigenvalue weighted by Gasteiger charge is -2.00. The molecule has 0 bridgehead atoms. The van der Waals surface area contributed by atoms with Crippen LogP contribution >= 0.6 is 0 Å². The highest BCUT2D eigenvalue weighted by molar-refractivity contribution is 5.81. The Morgan fingerprint density at radius 2 is 2.11 bits per heavy atom. The Hall–Kier alpha value is -2.34. The van der Waals surface area contributed by atoms with Gasteiger partial charge in [-0.25, -0.2) is 4.79 Å². The van der Waals surface area contributed by atoms with Crippen LogP contribution in [0.15, 0.2) is 29.2 Å². The number of hydrogen-bond acceptors (Lipinski definition) is 3. The predicted octanol–water partition coefficient (Wildman–Crippen LogP) is 0.715. The van der Waals surface area contributed by atoms with Crippen molar-refractivity contribution in [3.8, 4) is 11.3 Å². The van der Waals surface area contributed by atoms with Gasteiger partial charge in [-0.1, -0.05) is 6.07 Å². The van der Waals surface area contributed by atoms with Crippen molar-refractivity contribution in [3.63, 3.8) is 0 Å². The maximum absolute atomic E-state index is 11.2. The molecule has 0 fully saturated rings. The number of hydrogen-bond donors (Lipinski definition) is 3. The van der Waals surface area contributed by atoms with Gasteiger partial charge in [-0.15, -0.1) is 0 Å². The zero-order valence-corrected chi connectivity index (χ0v) is 9.90. The summed E-state index contributed by atoms with van der Waals surface area (Å²) in [6, 6.07) is 5.68. The number of H-pyrrole nitrogens is 2. The van der Waals surface area contributed by atoms with Crippen molar-refractivity contribution in [2.75, 3.05) is 0 Å². The fourth-order valence-electron chi connectivity index (χ4n) is 2.11. The molecule has 6 heteroatoms. The van der Waals surface area contributed by atoms with Crippen LogP contribution in [0.2, 0.25) is 0 Å². The smallest absolute Gasteiger partial charge is 0.323 e. The molecule has 0 aliphatic rings. The van der Waals surface area contributed by atoms with E-state index < -0.39 is 0 Å². The van der Waals surface area contributed by atoms with Crippen LogP contribution in [0.5, 0.6) is 0 Å². The first-order valence-corrected chi connectivity index (χ1v) is 5.62. The second-order valence-electron chi connectivity index (χ2n) is 4.22. The Morgan fingerprint density at radius 1 is 1.33 bits per heavy atom. The molecule has 0 aliphatic carbocycles. The number of fused-ring (bicyclic) bond motifs is 1. The monoisotopic (exact) mass is 243 g/mol. The van der Waals surface area contributed by atoms with E-state index in [9.17, 15) is 4.79 Å². The maximum atomic E-state index is 11.2. The maximum Gasteiger partial charge on any atom is 0.323 e. The molecule has 0 amide bonds. The second-order valence-corrected chi connectivity index (χ2v) is 4.22. The SMILES string of the molecule is Cn1cc(CN)c(-c2ccc3[nH]c(=O)[nH]c3c2)n1. The van der Waals surface area contributed by atoms with E-state index in [4.69, 9.17) is 5.73 Å². The van der Waals surface area contributed by atoms with E-state index in [0.717, 1.165) is 27.9 Å². The summed E-state index contributed by atoms with van der Waals surface area (Å²) in [7, 11) is 1.86. The fourth-order valence-corrected chi connectivity index (χ4v) is 2.11. The first-order valence-electron chi connectivity index (χ1n) is 5.62. The van der Waals surface area contributed by atoms with E-state index in [1.54, 1.807) is 4.68 Å². The molecule has 6 nitrogen and oxygen atoms in total. The van der Waals surface area contributed by atoms with Crippen LogP contribution in [-0.4, -0.2) is 19.7 Å². The van der Waals surface area contributed by atoms with Crippen molar-refractivity contribution >= 4 is 11.0 Å². The minimum atomic E-state index is -0.206. The molecule has 0 atom stereocenters. The third-order valence-electron chi connectivity index (χ3n) is 2.91. The van der Waals surface area contributed by atoms with E-state index in [1.165, 1.54) is 0 Å². The number of imidazole rings is 1. The number of rotatable bonds is 2. The Bertz CT molecular complexity index is 764. The van der Waals surface area contributed by atoms with E-state index in [2.05, 4.69) is 15.1 Å².